The van der Waals surface area contributed by atoms with Gasteiger partial charge in [-0.25, -0.2) is 0 Å². The third kappa shape index (κ3) is 3.12. The third-order valence-corrected chi connectivity index (χ3v) is 4.90. The van der Waals surface area contributed by atoms with Gasteiger partial charge in [0, 0.05) is 16.1 Å². The minimum absolute atomic E-state index is 0.254. The Morgan fingerprint density at radius 3 is 2.77 bits per heavy atom. The summed E-state index contributed by atoms with van der Waals surface area (Å²) in [7, 11) is 1.55. The van der Waals surface area contributed by atoms with Gasteiger partial charge < -0.3 is 10.1 Å². The van der Waals surface area contributed by atoms with Crippen LogP contribution in [-0.2, 0) is 0 Å². The summed E-state index contributed by atoms with van der Waals surface area (Å²) in [5.41, 5.74) is 1.89. The molecule has 4 rings (SSSR count). The van der Waals surface area contributed by atoms with Gasteiger partial charge in [0.1, 0.15) is 17.1 Å². The van der Waals surface area contributed by atoms with Crippen LogP contribution in [0.4, 0.5) is 5.69 Å². The van der Waals surface area contributed by atoms with Crippen molar-refractivity contribution < 1.29 is 9.53 Å². The molecule has 0 radical (unpaired) electrons. The topological polar surface area (TPSA) is 81.4 Å². The van der Waals surface area contributed by atoms with E-state index >= 15 is 0 Å². The van der Waals surface area contributed by atoms with E-state index < -0.39 is 0 Å². The summed E-state index contributed by atoms with van der Waals surface area (Å²) in [6.07, 6.45) is 1.54. The van der Waals surface area contributed by atoms with Crippen LogP contribution in [0.15, 0.2) is 48.8 Å². The van der Waals surface area contributed by atoms with E-state index in [0.717, 1.165) is 10.6 Å². The van der Waals surface area contributed by atoms with Gasteiger partial charge in [-0.15, -0.1) is 10.2 Å². The lowest BCUT2D eigenvalue weighted by Gasteiger charge is -2.11. The Labute approximate surface area is 157 Å². The van der Waals surface area contributed by atoms with Crippen molar-refractivity contribution in [3.63, 3.8) is 0 Å². The van der Waals surface area contributed by atoms with Gasteiger partial charge in [-0.1, -0.05) is 22.9 Å². The Morgan fingerprint density at radius 1 is 1.23 bits per heavy atom. The molecule has 2 aromatic carbocycles. The van der Waals surface area contributed by atoms with Gasteiger partial charge in [0.05, 0.1) is 12.8 Å². The first-order valence-corrected chi connectivity index (χ1v) is 8.75. The first-order chi connectivity index (χ1) is 12.6. The quantitative estimate of drug-likeness (QED) is 0.578. The van der Waals surface area contributed by atoms with E-state index in [9.17, 15) is 4.79 Å². The highest BCUT2D eigenvalue weighted by atomic mass is 35.5. The smallest absolute Gasteiger partial charge is 0.255 e. The van der Waals surface area contributed by atoms with Crippen LogP contribution in [0.25, 0.3) is 15.5 Å². The molecule has 0 saturated heterocycles. The highest BCUT2D eigenvalue weighted by molar-refractivity contribution is 7.19. The minimum atomic E-state index is -0.254. The summed E-state index contributed by atoms with van der Waals surface area (Å²) in [6.45, 7) is 0. The highest BCUT2D eigenvalue weighted by Crippen LogP contribution is 2.32. The van der Waals surface area contributed by atoms with Crippen LogP contribution in [0, 0.1) is 0 Å². The third-order valence-electron chi connectivity index (χ3n) is 3.69. The van der Waals surface area contributed by atoms with E-state index in [2.05, 4.69) is 20.6 Å². The Balaban J connectivity index is 1.66. The fourth-order valence-corrected chi connectivity index (χ4v) is 3.35. The van der Waals surface area contributed by atoms with Crippen molar-refractivity contribution in [3.05, 3.63) is 59.4 Å². The van der Waals surface area contributed by atoms with Crippen LogP contribution in [0.5, 0.6) is 5.75 Å². The molecule has 0 aliphatic rings. The average molecular weight is 386 g/mol. The summed E-state index contributed by atoms with van der Waals surface area (Å²) in [5.74, 6) is 0.300. The molecule has 0 atom stereocenters. The van der Waals surface area contributed by atoms with Gasteiger partial charge in [0.25, 0.3) is 5.91 Å². The van der Waals surface area contributed by atoms with Gasteiger partial charge in [0.15, 0.2) is 0 Å². The lowest BCUT2D eigenvalue weighted by Crippen LogP contribution is -2.12. The second-order valence-electron chi connectivity index (χ2n) is 5.34. The predicted octanol–water partition coefficient (Wildman–Crippen LogP) is 3.77. The zero-order valence-corrected chi connectivity index (χ0v) is 15.1. The number of carbonyl (C=O) groups excluding carboxylic acids is 1. The number of hydrogen-bond donors (Lipinski definition) is 1. The summed E-state index contributed by atoms with van der Waals surface area (Å²) >= 11 is 7.27. The van der Waals surface area contributed by atoms with E-state index in [1.807, 2.05) is 12.1 Å². The van der Waals surface area contributed by atoms with Gasteiger partial charge >= 0.3 is 0 Å². The molecule has 9 heteroatoms. The number of carbonyl (C=O) groups is 1. The molecule has 0 spiro atoms. The molecule has 130 valence electrons. The molecule has 2 heterocycles. The number of amides is 1. The van der Waals surface area contributed by atoms with Crippen molar-refractivity contribution in [2.75, 3.05) is 12.4 Å². The minimum Gasteiger partial charge on any atom is -0.495 e. The molecule has 7 nitrogen and oxygen atoms in total. The number of benzene rings is 2. The standard InChI is InChI=1S/C17H12ClN5O2S/c1-25-14-7-4-11(16-22-23-9-19-21-17(23)26-16)8-13(14)20-15(24)10-2-5-12(18)6-3-10/h2-9H,1H3,(H,20,24). The predicted molar refractivity (Wildman–Crippen MR) is 100 cm³/mol. The number of anilines is 1. The van der Waals surface area contributed by atoms with Crippen molar-refractivity contribution in [1.29, 1.82) is 0 Å². The molecule has 0 unspecified atom stereocenters. The van der Waals surface area contributed by atoms with Crippen molar-refractivity contribution >= 4 is 39.5 Å². The van der Waals surface area contributed by atoms with Crippen molar-refractivity contribution in [2.45, 2.75) is 0 Å². The van der Waals surface area contributed by atoms with Gasteiger partial charge in [0.2, 0.25) is 4.96 Å². The average Bonchev–Trinajstić information content (AvgIpc) is 3.24. The second-order valence-corrected chi connectivity index (χ2v) is 6.73. The Bertz CT molecular complexity index is 1060. The second kappa shape index (κ2) is 6.74. The highest BCUT2D eigenvalue weighted by Gasteiger charge is 2.14. The maximum absolute atomic E-state index is 12.5. The van der Waals surface area contributed by atoms with Crippen molar-refractivity contribution in [2.24, 2.45) is 0 Å². The van der Waals surface area contributed by atoms with Crippen molar-refractivity contribution in [3.8, 4) is 16.3 Å². The van der Waals surface area contributed by atoms with E-state index in [0.29, 0.717) is 27.0 Å². The van der Waals surface area contributed by atoms with Crippen molar-refractivity contribution in [1.82, 2.24) is 19.8 Å². The number of rotatable bonds is 4. The van der Waals surface area contributed by atoms with E-state index in [4.69, 9.17) is 16.3 Å². The number of methoxy groups -OCH3 is 1. The number of hydrogen-bond acceptors (Lipinski definition) is 6. The zero-order valence-electron chi connectivity index (χ0n) is 13.5. The van der Waals surface area contributed by atoms with Crippen LogP contribution in [0.3, 0.4) is 0 Å². The molecular formula is C17H12ClN5O2S. The van der Waals surface area contributed by atoms with E-state index in [1.54, 1.807) is 48.3 Å². The molecule has 26 heavy (non-hydrogen) atoms. The molecule has 0 aliphatic heterocycles. The Kier molecular flexibility index (Phi) is 4.27. The number of ether oxygens (including phenoxy) is 1. The molecule has 0 bridgehead atoms. The Morgan fingerprint density at radius 2 is 2.04 bits per heavy atom. The van der Waals surface area contributed by atoms with E-state index in [1.165, 1.54) is 11.3 Å². The number of aromatic nitrogens is 4. The summed E-state index contributed by atoms with van der Waals surface area (Å²) in [4.78, 5) is 13.2. The number of halogens is 1. The summed E-state index contributed by atoms with van der Waals surface area (Å²) < 4.78 is 6.96. The fraction of sp³-hybridized carbons (Fsp3) is 0.0588. The molecule has 0 saturated carbocycles. The maximum Gasteiger partial charge on any atom is 0.255 e. The SMILES string of the molecule is COc1ccc(-c2nn3cnnc3s2)cc1NC(=O)c1ccc(Cl)cc1. The molecular weight excluding hydrogens is 374 g/mol. The van der Waals surface area contributed by atoms with Gasteiger partial charge in [-0.05, 0) is 42.5 Å². The lowest BCUT2D eigenvalue weighted by molar-refractivity contribution is 0.102. The van der Waals surface area contributed by atoms with Gasteiger partial charge in [-0.3, -0.25) is 4.79 Å². The van der Waals surface area contributed by atoms with Crippen LogP contribution < -0.4 is 10.1 Å². The first kappa shape index (κ1) is 16.5. The van der Waals surface area contributed by atoms with Crippen LogP contribution in [-0.4, -0.2) is 32.8 Å². The molecule has 1 amide bonds. The molecule has 1 N–H and O–H groups in total. The maximum atomic E-state index is 12.5. The first-order valence-electron chi connectivity index (χ1n) is 7.56. The summed E-state index contributed by atoms with van der Waals surface area (Å²) in [6, 6.07) is 12.1. The van der Waals surface area contributed by atoms with E-state index in [-0.39, 0.29) is 5.91 Å². The molecule has 0 aliphatic carbocycles. The van der Waals surface area contributed by atoms with Gasteiger partial charge in [-0.2, -0.15) is 9.61 Å². The summed E-state index contributed by atoms with van der Waals surface area (Å²) in [5, 5.41) is 16.4. The number of fused-ring (bicyclic) bond motifs is 1. The lowest BCUT2D eigenvalue weighted by atomic mass is 10.1. The number of nitrogens with one attached hydrogen (secondary N) is 1. The van der Waals surface area contributed by atoms with Crippen LogP contribution >= 0.6 is 22.9 Å². The normalized spacial score (nSPS) is 10.8. The fourth-order valence-electron chi connectivity index (χ4n) is 2.41. The molecule has 2 aromatic heterocycles. The molecule has 4 aromatic rings. The van der Waals surface area contributed by atoms with Crippen LogP contribution in [0.1, 0.15) is 10.4 Å². The monoisotopic (exact) mass is 385 g/mol. The largest absolute Gasteiger partial charge is 0.495 e. The molecule has 0 fully saturated rings. The number of nitrogens with zero attached hydrogens (tertiary/aromatic N) is 4. The Hall–Kier alpha value is -2.97. The van der Waals surface area contributed by atoms with Crippen LogP contribution in [0.2, 0.25) is 5.02 Å². The zero-order chi connectivity index (χ0) is 18.1.